The van der Waals surface area contributed by atoms with E-state index in [-0.39, 0.29) is 12.0 Å². The number of rotatable bonds is 3. The van der Waals surface area contributed by atoms with Crippen LogP contribution in [0.5, 0.6) is 5.75 Å². The Morgan fingerprint density at radius 2 is 1.95 bits per heavy atom. The molecule has 22 heavy (non-hydrogen) atoms. The molecule has 0 spiro atoms. The molecule has 3 aliphatic rings. The zero-order chi connectivity index (χ0) is 14.9. The highest BCUT2D eigenvalue weighted by Gasteiger charge is 2.37. The SMILES string of the molecule is O=C(C1Cc2ccccc2O1)N1CCCC1CN1CCCC1. The molecule has 0 aromatic heterocycles. The smallest absolute Gasteiger partial charge is 0.264 e. The van der Waals surface area contributed by atoms with Gasteiger partial charge in [-0.15, -0.1) is 0 Å². The molecular formula is C18H24N2O2. The zero-order valence-corrected chi connectivity index (χ0v) is 13.0. The lowest BCUT2D eigenvalue weighted by atomic mass is 10.1. The van der Waals surface area contributed by atoms with Gasteiger partial charge in [-0.2, -0.15) is 0 Å². The van der Waals surface area contributed by atoms with Crippen molar-refractivity contribution in [2.24, 2.45) is 0 Å². The van der Waals surface area contributed by atoms with Crippen molar-refractivity contribution >= 4 is 5.91 Å². The zero-order valence-electron chi connectivity index (χ0n) is 13.0. The van der Waals surface area contributed by atoms with Crippen LogP contribution in [-0.4, -0.2) is 54.0 Å². The second-order valence-corrected chi connectivity index (χ2v) is 6.75. The number of carbonyl (C=O) groups excluding carboxylic acids is 1. The topological polar surface area (TPSA) is 32.8 Å². The summed E-state index contributed by atoms with van der Waals surface area (Å²) in [6.07, 6.45) is 5.30. The second kappa shape index (κ2) is 5.92. The molecule has 118 valence electrons. The molecule has 3 aliphatic heterocycles. The van der Waals surface area contributed by atoms with E-state index in [1.165, 1.54) is 25.9 Å². The first-order valence-electron chi connectivity index (χ1n) is 8.58. The van der Waals surface area contributed by atoms with Gasteiger partial charge >= 0.3 is 0 Å². The summed E-state index contributed by atoms with van der Waals surface area (Å²) in [5.41, 5.74) is 1.16. The normalized spacial score (nSPS) is 27.9. The predicted octanol–water partition coefficient (Wildman–Crippen LogP) is 2.08. The lowest BCUT2D eigenvalue weighted by Gasteiger charge is -2.30. The Morgan fingerprint density at radius 1 is 1.14 bits per heavy atom. The first-order chi connectivity index (χ1) is 10.8. The maximum Gasteiger partial charge on any atom is 0.264 e. The van der Waals surface area contributed by atoms with Crippen LogP contribution in [0, 0.1) is 0 Å². The Kier molecular flexibility index (Phi) is 3.78. The van der Waals surface area contributed by atoms with Gasteiger partial charge in [-0.25, -0.2) is 0 Å². The summed E-state index contributed by atoms with van der Waals surface area (Å²) in [5, 5.41) is 0. The first-order valence-corrected chi connectivity index (χ1v) is 8.58. The Labute approximate surface area is 132 Å². The summed E-state index contributed by atoms with van der Waals surface area (Å²) >= 11 is 0. The molecule has 4 rings (SSSR count). The summed E-state index contributed by atoms with van der Waals surface area (Å²) in [7, 11) is 0. The van der Waals surface area contributed by atoms with E-state index < -0.39 is 0 Å². The van der Waals surface area contributed by atoms with E-state index in [9.17, 15) is 4.79 Å². The van der Waals surface area contributed by atoms with Crippen LogP contribution < -0.4 is 4.74 Å². The molecule has 0 aliphatic carbocycles. The van der Waals surface area contributed by atoms with Crippen molar-refractivity contribution in [1.82, 2.24) is 9.80 Å². The second-order valence-electron chi connectivity index (χ2n) is 6.75. The van der Waals surface area contributed by atoms with Gasteiger partial charge in [-0.3, -0.25) is 4.79 Å². The van der Waals surface area contributed by atoms with E-state index in [0.717, 1.165) is 43.7 Å². The van der Waals surface area contributed by atoms with Gasteiger partial charge in [0, 0.05) is 25.6 Å². The first kappa shape index (κ1) is 14.1. The van der Waals surface area contributed by atoms with Gasteiger partial charge in [0.15, 0.2) is 6.10 Å². The van der Waals surface area contributed by atoms with Gasteiger partial charge in [-0.05, 0) is 50.4 Å². The minimum atomic E-state index is -0.309. The van der Waals surface area contributed by atoms with E-state index in [1.54, 1.807) is 0 Å². The molecule has 0 N–H and O–H groups in total. The molecule has 0 saturated carbocycles. The summed E-state index contributed by atoms with van der Waals surface area (Å²) in [5.74, 6) is 1.08. The van der Waals surface area contributed by atoms with Crippen molar-refractivity contribution in [1.29, 1.82) is 0 Å². The van der Waals surface area contributed by atoms with Crippen molar-refractivity contribution in [3.05, 3.63) is 29.8 Å². The van der Waals surface area contributed by atoms with E-state index in [2.05, 4.69) is 15.9 Å². The van der Waals surface area contributed by atoms with E-state index >= 15 is 0 Å². The molecule has 2 fully saturated rings. The van der Waals surface area contributed by atoms with Crippen molar-refractivity contribution in [3.8, 4) is 5.75 Å². The van der Waals surface area contributed by atoms with E-state index in [1.807, 2.05) is 18.2 Å². The molecule has 0 radical (unpaired) electrons. The fraction of sp³-hybridized carbons (Fsp3) is 0.611. The van der Waals surface area contributed by atoms with Crippen LogP contribution in [0.2, 0.25) is 0 Å². The molecule has 4 heteroatoms. The van der Waals surface area contributed by atoms with Crippen LogP contribution in [0.1, 0.15) is 31.2 Å². The van der Waals surface area contributed by atoms with Crippen LogP contribution in [0.15, 0.2) is 24.3 Å². The van der Waals surface area contributed by atoms with Crippen LogP contribution in [0.25, 0.3) is 0 Å². The molecular weight excluding hydrogens is 276 g/mol. The molecule has 4 nitrogen and oxygen atoms in total. The number of carbonyl (C=O) groups is 1. The Morgan fingerprint density at radius 3 is 2.77 bits per heavy atom. The molecule has 0 bridgehead atoms. The van der Waals surface area contributed by atoms with Crippen LogP contribution >= 0.6 is 0 Å². The third-order valence-electron chi connectivity index (χ3n) is 5.25. The molecule has 3 heterocycles. The molecule has 2 atom stereocenters. The third kappa shape index (κ3) is 2.60. The van der Waals surface area contributed by atoms with Crippen molar-refractivity contribution in [2.45, 2.75) is 44.2 Å². The van der Waals surface area contributed by atoms with Crippen LogP contribution in [0.3, 0.4) is 0 Å². The lowest BCUT2D eigenvalue weighted by molar-refractivity contribution is -0.139. The van der Waals surface area contributed by atoms with Gasteiger partial charge in [0.25, 0.3) is 5.91 Å². The number of amides is 1. The minimum Gasteiger partial charge on any atom is -0.480 e. The number of benzene rings is 1. The largest absolute Gasteiger partial charge is 0.480 e. The number of nitrogens with zero attached hydrogens (tertiary/aromatic N) is 2. The average molecular weight is 300 g/mol. The standard InChI is InChI=1S/C18H24N2O2/c21-18(17-12-14-6-1-2-8-16(14)22-17)20-11-5-7-15(20)13-19-9-3-4-10-19/h1-2,6,8,15,17H,3-5,7,9-13H2. The van der Waals surface area contributed by atoms with Gasteiger partial charge in [-0.1, -0.05) is 18.2 Å². The number of para-hydroxylation sites is 1. The van der Waals surface area contributed by atoms with Crippen molar-refractivity contribution in [2.75, 3.05) is 26.2 Å². The number of hydrogen-bond acceptors (Lipinski definition) is 3. The minimum absolute atomic E-state index is 0.192. The maximum absolute atomic E-state index is 12.9. The van der Waals surface area contributed by atoms with Gasteiger partial charge in [0.1, 0.15) is 5.75 Å². The van der Waals surface area contributed by atoms with E-state index in [0.29, 0.717) is 6.04 Å². The monoisotopic (exact) mass is 300 g/mol. The van der Waals surface area contributed by atoms with Crippen molar-refractivity contribution in [3.63, 3.8) is 0 Å². The number of ether oxygens (including phenoxy) is 1. The summed E-state index contributed by atoms with van der Waals surface area (Å²) < 4.78 is 5.89. The molecule has 2 unspecified atom stereocenters. The summed E-state index contributed by atoms with van der Waals surface area (Å²) in [6.45, 7) is 4.34. The fourth-order valence-electron chi connectivity index (χ4n) is 4.08. The number of likely N-dealkylation sites (tertiary alicyclic amines) is 2. The third-order valence-corrected chi connectivity index (χ3v) is 5.25. The average Bonchev–Trinajstić information content (AvgIpc) is 3.27. The van der Waals surface area contributed by atoms with Crippen LogP contribution in [-0.2, 0) is 11.2 Å². The molecule has 2 saturated heterocycles. The highest BCUT2D eigenvalue weighted by Crippen LogP contribution is 2.30. The van der Waals surface area contributed by atoms with Crippen molar-refractivity contribution < 1.29 is 9.53 Å². The van der Waals surface area contributed by atoms with Gasteiger partial charge < -0.3 is 14.5 Å². The quantitative estimate of drug-likeness (QED) is 0.857. The maximum atomic E-state index is 12.9. The Balaban J connectivity index is 1.41. The number of fused-ring (bicyclic) bond motifs is 1. The Hall–Kier alpha value is -1.55. The van der Waals surface area contributed by atoms with E-state index in [4.69, 9.17) is 4.74 Å². The fourth-order valence-corrected chi connectivity index (χ4v) is 4.08. The van der Waals surface area contributed by atoms with Gasteiger partial charge in [0.2, 0.25) is 0 Å². The lowest BCUT2D eigenvalue weighted by Crippen LogP contribution is -2.47. The predicted molar refractivity (Wildman–Crippen MR) is 85.0 cm³/mol. The summed E-state index contributed by atoms with van der Waals surface area (Å²) in [4.78, 5) is 17.5. The van der Waals surface area contributed by atoms with Crippen LogP contribution in [0.4, 0.5) is 0 Å². The van der Waals surface area contributed by atoms with Gasteiger partial charge in [0.05, 0.1) is 0 Å². The molecule has 1 aromatic carbocycles. The highest BCUT2D eigenvalue weighted by molar-refractivity contribution is 5.83. The molecule has 1 aromatic rings. The highest BCUT2D eigenvalue weighted by atomic mass is 16.5. The summed E-state index contributed by atoms with van der Waals surface area (Å²) in [6, 6.07) is 8.40. The molecule has 1 amide bonds. The number of hydrogen-bond donors (Lipinski definition) is 0. The Bertz CT molecular complexity index is 529.